The van der Waals surface area contributed by atoms with E-state index in [0.29, 0.717) is 17.9 Å². The molecule has 0 aliphatic heterocycles. The third kappa shape index (κ3) is 5.51. The van der Waals surface area contributed by atoms with Crippen LogP contribution in [0.4, 0.5) is 16.2 Å². The van der Waals surface area contributed by atoms with E-state index in [9.17, 15) is 9.59 Å². The summed E-state index contributed by atoms with van der Waals surface area (Å²) in [6.07, 6.45) is 0.271. The summed E-state index contributed by atoms with van der Waals surface area (Å²) in [5.74, 6) is -0.149. The maximum atomic E-state index is 11.3. The molecule has 1 aromatic rings. The number of carbonyl (C=O) groups is 2. The molecule has 0 aromatic heterocycles. The summed E-state index contributed by atoms with van der Waals surface area (Å²) in [5, 5.41) is 7.74. The molecule has 18 heavy (non-hydrogen) atoms. The van der Waals surface area contributed by atoms with E-state index in [-0.39, 0.29) is 30.8 Å². The van der Waals surface area contributed by atoms with Gasteiger partial charge in [0.15, 0.2) is 0 Å². The number of nitrogens with one attached hydrogen (secondary N) is 3. The molecule has 0 atom stereocenters. The molecule has 1 rings (SSSR count). The maximum absolute atomic E-state index is 11.3. The number of nitrogens with two attached hydrogens (primary N) is 1. The second-order valence-electron chi connectivity index (χ2n) is 3.37. The van der Waals surface area contributed by atoms with Crippen molar-refractivity contribution >= 4 is 35.7 Å². The second kappa shape index (κ2) is 8.32. The Balaban J connectivity index is 0.00000289. The molecule has 0 saturated carbocycles. The Morgan fingerprint density at radius 3 is 2.39 bits per heavy atom. The van der Waals surface area contributed by atoms with E-state index in [4.69, 9.17) is 5.73 Å². The van der Waals surface area contributed by atoms with Gasteiger partial charge in [-0.25, -0.2) is 4.79 Å². The van der Waals surface area contributed by atoms with E-state index in [1.54, 1.807) is 24.3 Å². The number of benzene rings is 1. The van der Waals surface area contributed by atoms with E-state index in [0.717, 1.165) is 0 Å². The van der Waals surface area contributed by atoms with Gasteiger partial charge in [0.25, 0.3) is 0 Å². The summed E-state index contributed by atoms with van der Waals surface area (Å²) in [4.78, 5) is 22.4. The van der Waals surface area contributed by atoms with Gasteiger partial charge in [-0.15, -0.1) is 12.4 Å². The van der Waals surface area contributed by atoms with Crippen LogP contribution in [0.1, 0.15) is 6.42 Å². The lowest BCUT2D eigenvalue weighted by Crippen LogP contribution is -2.24. The van der Waals surface area contributed by atoms with Crippen LogP contribution >= 0.6 is 12.4 Å². The van der Waals surface area contributed by atoms with Gasteiger partial charge in [-0.2, -0.15) is 0 Å². The van der Waals surface area contributed by atoms with Crippen LogP contribution in [0, 0.1) is 0 Å². The van der Waals surface area contributed by atoms with Gasteiger partial charge in [-0.1, -0.05) is 6.07 Å². The topological polar surface area (TPSA) is 96.2 Å². The first kappa shape index (κ1) is 16.2. The number of urea groups is 1. The van der Waals surface area contributed by atoms with Gasteiger partial charge in [0.1, 0.15) is 0 Å². The van der Waals surface area contributed by atoms with E-state index in [2.05, 4.69) is 16.0 Å². The zero-order valence-corrected chi connectivity index (χ0v) is 10.8. The van der Waals surface area contributed by atoms with Gasteiger partial charge >= 0.3 is 6.03 Å². The van der Waals surface area contributed by atoms with E-state index >= 15 is 0 Å². The summed E-state index contributed by atoms with van der Waals surface area (Å²) in [6.45, 7) is 0.308. The van der Waals surface area contributed by atoms with Crippen LogP contribution < -0.4 is 21.7 Å². The predicted molar refractivity (Wildman–Crippen MR) is 74.1 cm³/mol. The minimum atomic E-state index is -0.310. The van der Waals surface area contributed by atoms with Crippen molar-refractivity contribution in [3.05, 3.63) is 24.3 Å². The van der Waals surface area contributed by atoms with Crippen LogP contribution in [-0.4, -0.2) is 25.5 Å². The van der Waals surface area contributed by atoms with Crippen LogP contribution in [0.2, 0.25) is 0 Å². The predicted octanol–water partition coefficient (Wildman–Crippen LogP) is 1.15. The molecule has 0 saturated heterocycles. The van der Waals surface area contributed by atoms with Crippen molar-refractivity contribution in [3.8, 4) is 0 Å². The lowest BCUT2D eigenvalue weighted by atomic mass is 10.2. The molecule has 100 valence electrons. The van der Waals surface area contributed by atoms with Gasteiger partial charge in [0.05, 0.1) is 0 Å². The maximum Gasteiger partial charge on any atom is 0.318 e. The number of anilines is 2. The lowest BCUT2D eigenvalue weighted by molar-refractivity contribution is -0.116. The first-order valence-electron chi connectivity index (χ1n) is 5.24. The fraction of sp³-hybridized carbons (Fsp3) is 0.273. The van der Waals surface area contributed by atoms with Crippen LogP contribution in [0.5, 0.6) is 0 Å². The van der Waals surface area contributed by atoms with E-state index in [1.807, 2.05) is 0 Å². The molecule has 7 heteroatoms. The molecule has 0 fully saturated rings. The largest absolute Gasteiger partial charge is 0.341 e. The zero-order chi connectivity index (χ0) is 12.7. The Kier molecular flexibility index (Phi) is 7.50. The lowest BCUT2D eigenvalue weighted by Gasteiger charge is -2.08. The van der Waals surface area contributed by atoms with Gasteiger partial charge < -0.3 is 21.7 Å². The highest BCUT2D eigenvalue weighted by Gasteiger charge is 2.03. The Hall–Kier alpha value is -1.79. The molecule has 1 aromatic carbocycles. The summed E-state index contributed by atoms with van der Waals surface area (Å²) in [5.41, 5.74) is 6.50. The van der Waals surface area contributed by atoms with Crippen molar-refractivity contribution in [2.45, 2.75) is 6.42 Å². The Bertz CT molecular complexity index is 412. The summed E-state index contributed by atoms with van der Waals surface area (Å²) < 4.78 is 0. The quantitative estimate of drug-likeness (QED) is 0.662. The number of carbonyl (C=O) groups excluding carboxylic acids is 2. The summed E-state index contributed by atoms with van der Waals surface area (Å²) >= 11 is 0. The molecule has 0 aliphatic carbocycles. The highest BCUT2D eigenvalue weighted by Crippen LogP contribution is 2.15. The molecular weight excluding hydrogens is 256 g/mol. The van der Waals surface area contributed by atoms with Gasteiger partial charge in [-0.05, 0) is 18.2 Å². The number of hydrogen-bond acceptors (Lipinski definition) is 3. The minimum Gasteiger partial charge on any atom is -0.341 e. The van der Waals surface area contributed by atoms with Crippen molar-refractivity contribution in [3.63, 3.8) is 0 Å². The molecule has 0 aliphatic rings. The first-order chi connectivity index (χ1) is 8.15. The highest BCUT2D eigenvalue weighted by atomic mass is 35.5. The van der Waals surface area contributed by atoms with Gasteiger partial charge in [-0.3, -0.25) is 4.79 Å². The Labute approximate surface area is 112 Å². The smallest absolute Gasteiger partial charge is 0.318 e. The Morgan fingerprint density at radius 2 is 1.83 bits per heavy atom. The molecular formula is C11H17ClN4O2. The number of halogens is 1. The van der Waals surface area contributed by atoms with Gasteiger partial charge in [0.2, 0.25) is 5.91 Å². The van der Waals surface area contributed by atoms with Crippen LogP contribution in [-0.2, 0) is 4.79 Å². The molecule has 0 unspecified atom stereocenters. The number of amides is 3. The Morgan fingerprint density at radius 1 is 1.22 bits per heavy atom. The minimum absolute atomic E-state index is 0. The average Bonchev–Trinajstić information content (AvgIpc) is 2.29. The van der Waals surface area contributed by atoms with Crippen LogP contribution in [0.25, 0.3) is 0 Å². The average molecular weight is 273 g/mol. The molecule has 0 spiro atoms. The molecule has 0 heterocycles. The number of rotatable bonds is 4. The first-order valence-corrected chi connectivity index (χ1v) is 5.24. The van der Waals surface area contributed by atoms with Crippen molar-refractivity contribution in [1.29, 1.82) is 0 Å². The van der Waals surface area contributed by atoms with E-state index < -0.39 is 0 Å². The third-order valence-corrected chi connectivity index (χ3v) is 2.00. The third-order valence-electron chi connectivity index (χ3n) is 2.00. The fourth-order valence-electron chi connectivity index (χ4n) is 1.22. The van der Waals surface area contributed by atoms with Gasteiger partial charge in [0, 0.05) is 31.4 Å². The molecule has 6 nitrogen and oxygen atoms in total. The second-order valence-corrected chi connectivity index (χ2v) is 3.37. The fourth-order valence-corrected chi connectivity index (χ4v) is 1.22. The summed E-state index contributed by atoms with van der Waals surface area (Å²) in [6, 6.07) is 6.57. The van der Waals surface area contributed by atoms with Crippen molar-refractivity contribution < 1.29 is 9.59 Å². The van der Waals surface area contributed by atoms with Crippen molar-refractivity contribution in [2.24, 2.45) is 5.73 Å². The monoisotopic (exact) mass is 272 g/mol. The van der Waals surface area contributed by atoms with Crippen molar-refractivity contribution in [1.82, 2.24) is 5.32 Å². The van der Waals surface area contributed by atoms with Crippen molar-refractivity contribution in [2.75, 3.05) is 24.2 Å². The molecule has 0 bridgehead atoms. The van der Waals surface area contributed by atoms with E-state index in [1.165, 1.54) is 7.05 Å². The summed E-state index contributed by atoms with van der Waals surface area (Å²) in [7, 11) is 1.53. The normalized spacial score (nSPS) is 9.00. The van der Waals surface area contributed by atoms with Crippen LogP contribution in [0.15, 0.2) is 24.3 Å². The SMILES string of the molecule is CNC(=O)Nc1cccc(NC(=O)CCN)c1.Cl. The molecule has 0 radical (unpaired) electrons. The number of hydrogen-bond donors (Lipinski definition) is 4. The zero-order valence-electron chi connectivity index (χ0n) is 10.0. The highest BCUT2D eigenvalue weighted by molar-refractivity contribution is 5.93. The molecule has 3 amide bonds. The molecule has 5 N–H and O–H groups in total. The standard InChI is InChI=1S/C11H16N4O2.ClH/c1-13-11(17)15-9-4-2-3-8(7-9)14-10(16)5-6-12;/h2-4,7H,5-6,12H2,1H3,(H,14,16)(H2,13,15,17);1H. The van der Waals surface area contributed by atoms with Crippen LogP contribution in [0.3, 0.4) is 0 Å².